The molecular weight excluding hydrogens is 110 g/mol. The predicted molar refractivity (Wildman–Crippen MR) is 39.5 cm³/mol. The second-order valence-electron chi connectivity index (χ2n) is 2.34. The lowest BCUT2D eigenvalue weighted by atomic mass is 10.4. The lowest BCUT2D eigenvalue weighted by molar-refractivity contribution is 0.666. The first-order valence-electron chi connectivity index (χ1n) is 3.46. The molecule has 1 aromatic rings. The van der Waals surface area contributed by atoms with Crippen molar-refractivity contribution in [2.45, 2.75) is 26.8 Å². The van der Waals surface area contributed by atoms with Gasteiger partial charge in [0.15, 0.2) is 0 Å². The van der Waals surface area contributed by atoms with Crippen molar-refractivity contribution in [3.8, 4) is 0 Å². The topological polar surface area (TPSA) is 4.93 Å². The molecule has 0 fully saturated rings. The van der Waals surface area contributed by atoms with Crippen LogP contribution in [0.25, 0.3) is 0 Å². The molecule has 50 valence electrons. The average molecular weight is 123 g/mol. The Morgan fingerprint density at radius 3 is 2.78 bits per heavy atom. The minimum Gasteiger partial charge on any atom is -0.352 e. The summed E-state index contributed by atoms with van der Waals surface area (Å²) in [7, 11) is 0. The van der Waals surface area contributed by atoms with Crippen molar-refractivity contribution >= 4 is 0 Å². The molecule has 0 aromatic carbocycles. The maximum absolute atomic E-state index is 2.26. The normalized spacial score (nSPS) is 10.0. The van der Waals surface area contributed by atoms with Gasteiger partial charge in [-0.05, 0) is 25.5 Å². The Morgan fingerprint density at radius 2 is 2.33 bits per heavy atom. The van der Waals surface area contributed by atoms with E-state index < -0.39 is 0 Å². The van der Waals surface area contributed by atoms with Crippen LogP contribution in [-0.2, 0) is 6.54 Å². The predicted octanol–water partition coefficient (Wildman–Crippen LogP) is 2.21. The highest BCUT2D eigenvalue weighted by Gasteiger charge is 1.89. The number of hydrogen-bond donors (Lipinski definition) is 0. The van der Waals surface area contributed by atoms with Crippen molar-refractivity contribution in [2.24, 2.45) is 0 Å². The molecule has 0 aliphatic rings. The van der Waals surface area contributed by atoms with Crippen molar-refractivity contribution in [1.82, 2.24) is 4.57 Å². The highest BCUT2D eigenvalue weighted by Crippen LogP contribution is 1.99. The third-order valence-electron chi connectivity index (χ3n) is 1.52. The molecule has 0 aliphatic carbocycles. The molecule has 1 rings (SSSR count). The van der Waals surface area contributed by atoms with E-state index in [1.165, 1.54) is 12.1 Å². The van der Waals surface area contributed by atoms with Gasteiger partial charge < -0.3 is 4.57 Å². The first-order chi connectivity index (χ1) is 4.34. The van der Waals surface area contributed by atoms with E-state index in [2.05, 4.69) is 36.7 Å². The van der Waals surface area contributed by atoms with Crippen LogP contribution in [-0.4, -0.2) is 4.57 Å². The van der Waals surface area contributed by atoms with E-state index in [9.17, 15) is 0 Å². The maximum Gasteiger partial charge on any atom is 0.0219 e. The van der Waals surface area contributed by atoms with Crippen LogP contribution in [0.2, 0.25) is 0 Å². The summed E-state index contributed by atoms with van der Waals surface area (Å²) in [6, 6.07) is 4.22. The summed E-state index contributed by atoms with van der Waals surface area (Å²) >= 11 is 0. The van der Waals surface area contributed by atoms with Crippen LogP contribution >= 0.6 is 0 Å². The van der Waals surface area contributed by atoms with Crippen LogP contribution in [0.5, 0.6) is 0 Å². The molecule has 0 aliphatic heterocycles. The van der Waals surface area contributed by atoms with Gasteiger partial charge >= 0.3 is 0 Å². The fourth-order valence-corrected chi connectivity index (χ4v) is 0.991. The van der Waals surface area contributed by atoms with Crippen molar-refractivity contribution in [1.29, 1.82) is 0 Å². The first-order valence-corrected chi connectivity index (χ1v) is 3.46. The molecule has 0 spiro atoms. The molecule has 1 heteroatoms. The molecule has 9 heavy (non-hydrogen) atoms. The second-order valence-corrected chi connectivity index (χ2v) is 2.34. The van der Waals surface area contributed by atoms with Gasteiger partial charge in [-0.2, -0.15) is 0 Å². The average Bonchev–Trinajstić information content (AvgIpc) is 2.18. The van der Waals surface area contributed by atoms with Crippen LogP contribution in [0.15, 0.2) is 18.3 Å². The fraction of sp³-hybridized carbons (Fsp3) is 0.500. The van der Waals surface area contributed by atoms with E-state index in [0.29, 0.717) is 0 Å². The number of rotatable bonds is 2. The van der Waals surface area contributed by atoms with Crippen LogP contribution < -0.4 is 0 Å². The minimum atomic E-state index is 1.15. The summed E-state index contributed by atoms with van der Waals surface area (Å²) in [5.74, 6) is 0. The lowest BCUT2D eigenvalue weighted by Crippen LogP contribution is -1.95. The number of aromatic nitrogens is 1. The highest BCUT2D eigenvalue weighted by molar-refractivity contribution is 5.03. The molecule has 0 N–H and O–H groups in total. The fourth-order valence-electron chi connectivity index (χ4n) is 0.991. The molecule has 1 heterocycles. The van der Waals surface area contributed by atoms with Crippen molar-refractivity contribution < 1.29 is 0 Å². The number of hydrogen-bond acceptors (Lipinski definition) is 0. The van der Waals surface area contributed by atoms with Gasteiger partial charge in [-0.15, -0.1) is 0 Å². The van der Waals surface area contributed by atoms with Gasteiger partial charge in [0.25, 0.3) is 0 Å². The second kappa shape index (κ2) is 2.72. The molecule has 1 aromatic heterocycles. The standard InChI is InChI=1S/C8H13N/c1-3-6-9-7-4-5-8(9)2/h4-5,7H,3,6H2,1-2H3. The molecule has 1 nitrogen and oxygen atoms in total. The van der Waals surface area contributed by atoms with E-state index in [-0.39, 0.29) is 0 Å². The molecule has 0 amide bonds. The smallest absolute Gasteiger partial charge is 0.0219 e. The Kier molecular flexibility index (Phi) is 1.93. The zero-order valence-corrected chi connectivity index (χ0v) is 6.09. The van der Waals surface area contributed by atoms with E-state index in [1.807, 2.05) is 0 Å². The van der Waals surface area contributed by atoms with Crippen LogP contribution in [0.3, 0.4) is 0 Å². The van der Waals surface area contributed by atoms with Gasteiger partial charge in [0.2, 0.25) is 0 Å². The Labute approximate surface area is 56.3 Å². The van der Waals surface area contributed by atoms with E-state index in [0.717, 1.165) is 6.54 Å². The van der Waals surface area contributed by atoms with Gasteiger partial charge in [0.1, 0.15) is 0 Å². The Balaban J connectivity index is 2.69. The van der Waals surface area contributed by atoms with Gasteiger partial charge in [0.05, 0.1) is 0 Å². The number of nitrogens with zero attached hydrogens (tertiary/aromatic N) is 1. The molecule has 0 saturated carbocycles. The van der Waals surface area contributed by atoms with Gasteiger partial charge in [-0.1, -0.05) is 6.92 Å². The summed E-state index contributed by atoms with van der Waals surface area (Å²) in [6.07, 6.45) is 3.34. The zero-order chi connectivity index (χ0) is 6.69. The lowest BCUT2D eigenvalue weighted by Gasteiger charge is -2.00. The Hall–Kier alpha value is -0.720. The summed E-state index contributed by atoms with van der Waals surface area (Å²) < 4.78 is 2.26. The highest BCUT2D eigenvalue weighted by atomic mass is 14.9. The quantitative estimate of drug-likeness (QED) is 0.568. The van der Waals surface area contributed by atoms with Crippen molar-refractivity contribution in [3.05, 3.63) is 24.0 Å². The van der Waals surface area contributed by atoms with E-state index >= 15 is 0 Å². The van der Waals surface area contributed by atoms with Gasteiger partial charge in [-0.25, -0.2) is 0 Å². The largest absolute Gasteiger partial charge is 0.352 e. The molecule has 0 radical (unpaired) electrons. The van der Waals surface area contributed by atoms with E-state index in [4.69, 9.17) is 0 Å². The van der Waals surface area contributed by atoms with Crippen molar-refractivity contribution in [3.63, 3.8) is 0 Å². The van der Waals surface area contributed by atoms with Gasteiger partial charge in [-0.3, -0.25) is 0 Å². The van der Waals surface area contributed by atoms with E-state index in [1.54, 1.807) is 0 Å². The molecule has 0 atom stereocenters. The summed E-state index contributed by atoms with van der Waals surface area (Å²) in [4.78, 5) is 0. The number of aryl methyl sites for hydroxylation is 2. The molecular formula is C8H13N. The van der Waals surface area contributed by atoms with Crippen molar-refractivity contribution in [2.75, 3.05) is 0 Å². The Morgan fingerprint density at radius 1 is 1.56 bits per heavy atom. The maximum atomic E-state index is 2.26. The van der Waals surface area contributed by atoms with Crippen LogP contribution in [0.1, 0.15) is 19.0 Å². The third kappa shape index (κ3) is 1.35. The Bertz CT molecular complexity index is 176. The third-order valence-corrected chi connectivity index (χ3v) is 1.52. The summed E-state index contributed by atoms with van der Waals surface area (Å²) in [5, 5.41) is 0. The molecule has 0 bridgehead atoms. The molecule has 0 saturated heterocycles. The molecule has 0 unspecified atom stereocenters. The SMILES string of the molecule is CCCn1cccc1C. The van der Waals surface area contributed by atoms with Gasteiger partial charge in [0, 0.05) is 18.4 Å². The van der Waals surface area contributed by atoms with Crippen LogP contribution in [0.4, 0.5) is 0 Å². The summed E-state index contributed by atoms with van der Waals surface area (Å²) in [6.45, 7) is 5.48. The summed E-state index contributed by atoms with van der Waals surface area (Å²) in [5.41, 5.74) is 1.36. The minimum absolute atomic E-state index is 1.15. The first kappa shape index (κ1) is 6.40. The zero-order valence-electron chi connectivity index (χ0n) is 6.09. The monoisotopic (exact) mass is 123 g/mol. The van der Waals surface area contributed by atoms with Crippen LogP contribution in [0, 0.1) is 6.92 Å².